The van der Waals surface area contributed by atoms with Crippen LogP contribution in [0, 0.1) is 5.92 Å². The van der Waals surface area contributed by atoms with E-state index in [-0.39, 0.29) is 5.91 Å². The Labute approximate surface area is 150 Å². The van der Waals surface area contributed by atoms with Crippen molar-refractivity contribution < 1.29 is 4.79 Å². The second kappa shape index (κ2) is 10.4. The first-order valence-electron chi connectivity index (χ1n) is 9.05. The fraction of sp³-hybridized carbons (Fsp3) is 0.476. The number of hydrogen-bond acceptors (Lipinski definition) is 2. The maximum absolute atomic E-state index is 12.1. The molecule has 0 spiro atoms. The maximum Gasteiger partial charge on any atom is 0.230 e. The Balaban J connectivity index is 1.76. The molecule has 2 aromatic carbocycles. The van der Waals surface area contributed by atoms with Crippen LogP contribution >= 0.6 is 11.8 Å². The van der Waals surface area contributed by atoms with Crippen molar-refractivity contribution in [3.63, 3.8) is 0 Å². The standard InChI is InChI=1S/C21H29NOS/c1-3-5-9-17(4-2)14-22-21(23)16-24-15-19-12-8-11-18-10-6-7-13-20(18)19/h6-8,10-13,17H,3-5,9,14-16H2,1-2H3,(H,22,23)/t17-/m0/s1. The van der Waals surface area contributed by atoms with Crippen LogP contribution in [-0.2, 0) is 10.5 Å². The number of rotatable bonds is 10. The minimum absolute atomic E-state index is 0.162. The first kappa shape index (κ1) is 18.9. The minimum atomic E-state index is 0.162. The smallest absolute Gasteiger partial charge is 0.230 e. The van der Waals surface area contributed by atoms with E-state index in [0.717, 1.165) is 18.7 Å². The Morgan fingerprint density at radius 2 is 1.92 bits per heavy atom. The molecule has 0 aliphatic rings. The Morgan fingerprint density at radius 3 is 2.71 bits per heavy atom. The first-order chi connectivity index (χ1) is 11.7. The molecule has 0 saturated carbocycles. The predicted octanol–water partition coefficient (Wildman–Crippen LogP) is 5.41. The third kappa shape index (κ3) is 5.86. The summed E-state index contributed by atoms with van der Waals surface area (Å²) in [4.78, 5) is 12.1. The van der Waals surface area contributed by atoms with Crippen molar-refractivity contribution >= 4 is 28.4 Å². The highest BCUT2D eigenvalue weighted by Crippen LogP contribution is 2.22. The number of carbonyl (C=O) groups excluding carboxylic acids is 1. The zero-order chi connectivity index (χ0) is 17.2. The van der Waals surface area contributed by atoms with Gasteiger partial charge in [-0.05, 0) is 28.7 Å². The van der Waals surface area contributed by atoms with Gasteiger partial charge in [0.05, 0.1) is 5.75 Å². The molecule has 1 N–H and O–H groups in total. The highest BCUT2D eigenvalue weighted by atomic mass is 32.2. The van der Waals surface area contributed by atoms with E-state index in [4.69, 9.17) is 0 Å². The average molecular weight is 344 g/mol. The molecule has 2 rings (SSSR count). The topological polar surface area (TPSA) is 29.1 Å². The van der Waals surface area contributed by atoms with Crippen molar-refractivity contribution in [1.29, 1.82) is 0 Å². The maximum atomic E-state index is 12.1. The SMILES string of the molecule is CCCC[C@H](CC)CNC(=O)CSCc1cccc2ccccc12. The Morgan fingerprint density at radius 1 is 1.12 bits per heavy atom. The van der Waals surface area contributed by atoms with Gasteiger partial charge in [-0.15, -0.1) is 11.8 Å². The minimum Gasteiger partial charge on any atom is -0.355 e. The second-order valence-corrected chi connectivity index (χ2v) is 7.34. The molecule has 0 unspecified atom stereocenters. The molecule has 0 radical (unpaired) electrons. The first-order valence-corrected chi connectivity index (χ1v) is 10.2. The summed E-state index contributed by atoms with van der Waals surface area (Å²) in [6.07, 6.45) is 4.84. The van der Waals surface area contributed by atoms with Crippen LogP contribution in [0.2, 0.25) is 0 Å². The molecule has 0 saturated heterocycles. The van der Waals surface area contributed by atoms with Gasteiger partial charge in [0, 0.05) is 12.3 Å². The molecule has 3 heteroatoms. The van der Waals surface area contributed by atoms with Crippen molar-refractivity contribution in [3.05, 3.63) is 48.0 Å². The lowest BCUT2D eigenvalue weighted by molar-refractivity contribution is -0.118. The summed E-state index contributed by atoms with van der Waals surface area (Å²) in [5.74, 6) is 2.20. The van der Waals surface area contributed by atoms with Gasteiger partial charge in [-0.1, -0.05) is 75.6 Å². The molecule has 130 valence electrons. The second-order valence-electron chi connectivity index (χ2n) is 6.35. The van der Waals surface area contributed by atoms with Crippen LogP contribution in [0.1, 0.15) is 45.1 Å². The fourth-order valence-electron chi connectivity index (χ4n) is 2.92. The van der Waals surface area contributed by atoms with Crippen molar-refractivity contribution in [2.75, 3.05) is 12.3 Å². The van der Waals surface area contributed by atoms with Crippen molar-refractivity contribution in [2.45, 2.75) is 45.3 Å². The number of thioether (sulfide) groups is 1. The van der Waals surface area contributed by atoms with Crippen molar-refractivity contribution in [3.8, 4) is 0 Å². The normalized spacial score (nSPS) is 12.2. The summed E-state index contributed by atoms with van der Waals surface area (Å²) in [5, 5.41) is 5.66. The van der Waals surface area contributed by atoms with Gasteiger partial charge in [-0.25, -0.2) is 0 Å². The number of unbranched alkanes of at least 4 members (excludes halogenated alkanes) is 1. The molecule has 1 atom stereocenters. The van der Waals surface area contributed by atoms with E-state index in [9.17, 15) is 4.79 Å². The molecular weight excluding hydrogens is 314 g/mol. The van der Waals surface area contributed by atoms with Gasteiger partial charge in [-0.2, -0.15) is 0 Å². The zero-order valence-corrected chi connectivity index (χ0v) is 15.7. The van der Waals surface area contributed by atoms with E-state index in [1.165, 1.54) is 35.6 Å². The molecule has 0 heterocycles. The molecule has 0 bridgehead atoms. The summed E-state index contributed by atoms with van der Waals surface area (Å²) < 4.78 is 0. The van der Waals surface area contributed by atoms with Gasteiger partial charge in [0.2, 0.25) is 5.91 Å². The van der Waals surface area contributed by atoms with Crippen molar-refractivity contribution in [2.24, 2.45) is 5.92 Å². The summed E-state index contributed by atoms with van der Waals surface area (Å²) in [7, 11) is 0. The molecule has 0 aromatic heterocycles. The van der Waals surface area contributed by atoms with Gasteiger partial charge in [0.15, 0.2) is 0 Å². The van der Waals surface area contributed by atoms with E-state index in [1.807, 2.05) is 0 Å². The summed E-state index contributed by atoms with van der Waals surface area (Å²) >= 11 is 1.69. The van der Waals surface area contributed by atoms with Gasteiger partial charge >= 0.3 is 0 Å². The summed E-state index contributed by atoms with van der Waals surface area (Å²) in [5.41, 5.74) is 1.31. The molecule has 2 aromatic rings. The van der Waals surface area contributed by atoms with Crippen LogP contribution in [0.25, 0.3) is 10.8 Å². The molecule has 1 amide bonds. The lowest BCUT2D eigenvalue weighted by Crippen LogP contribution is -2.30. The third-order valence-electron chi connectivity index (χ3n) is 4.50. The van der Waals surface area contributed by atoms with Crippen LogP contribution < -0.4 is 5.32 Å². The number of fused-ring (bicyclic) bond motifs is 1. The van der Waals surface area contributed by atoms with E-state index in [2.05, 4.69) is 61.6 Å². The van der Waals surface area contributed by atoms with Crippen LogP contribution in [0.5, 0.6) is 0 Å². The predicted molar refractivity (Wildman–Crippen MR) is 106 cm³/mol. The molecule has 0 aliphatic heterocycles. The van der Waals surface area contributed by atoms with Gasteiger partial charge in [0.1, 0.15) is 0 Å². The Kier molecular flexibility index (Phi) is 8.17. The third-order valence-corrected chi connectivity index (χ3v) is 5.48. The Hall–Kier alpha value is -1.48. The number of amides is 1. The highest BCUT2D eigenvalue weighted by Gasteiger charge is 2.09. The molecular formula is C21H29NOS. The summed E-state index contributed by atoms with van der Waals surface area (Å²) in [6, 6.07) is 14.8. The van der Waals surface area contributed by atoms with Crippen molar-refractivity contribution in [1.82, 2.24) is 5.32 Å². The zero-order valence-electron chi connectivity index (χ0n) is 14.9. The quantitative estimate of drug-likeness (QED) is 0.625. The van der Waals surface area contributed by atoms with E-state index in [0.29, 0.717) is 11.7 Å². The molecule has 24 heavy (non-hydrogen) atoms. The molecule has 0 aliphatic carbocycles. The van der Waals surface area contributed by atoms with Crippen LogP contribution in [0.4, 0.5) is 0 Å². The average Bonchev–Trinajstić information content (AvgIpc) is 2.62. The Bertz CT molecular complexity index is 635. The lowest BCUT2D eigenvalue weighted by atomic mass is 9.99. The van der Waals surface area contributed by atoms with Crippen LogP contribution in [0.3, 0.4) is 0 Å². The summed E-state index contributed by atoms with van der Waals surface area (Å²) in [6.45, 7) is 5.25. The number of benzene rings is 2. The van der Waals surface area contributed by atoms with Crippen LogP contribution in [-0.4, -0.2) is 18.2 Å². The molecule has 0 fully saturated rings. The van der Waals surface area contributed by atoms with Gasteiger partial charge in [-0.3, -0.25) is 4.79 Å². The van der Waals surface area contributed by atoms with Crippen LogP contribution in [0.15, 0.2) is 42.5 Å². The monoisotopic (exact) mass is 343 g/mol. The number of carbonyl (C=O) groups is 1. The molecule has 2 nitrogen and oxygen atoms in total. The van der Waals surface area contributed by atoms with E-state index >= 15 is 0 Å². The van der Waals surface area contributed by atoms with Gasteiger partial charge < -0.3 is 5.32 Å². The highest BCUT2D eigenvalue weighted by molar-refractivity contribution is 7.99. The number of nitrogens with one attached hydrogen (secondary N) is 1. The lowest BCUT2D eigenvalue weighted by Gasteiger charge is -2.15. The number of hydrogen-bond donors (Lipinski definition) is 1. The largest absolute Gasteiger partial charge is 0.355 e. The van der Waals surface area contributed by atoms with Gasteiger partial charge in [0.25, 0.3) is 0 Å². The fourth-order valence-corrected chi connectivity index (χ4v) is 3.79. The van der Waals surface area contributed by atoms with E-state index in [1.54, 1.807) is 11.8 Å². The van der Waals surface area contributed by atoms with E-state index < -0.39 is 0 Å².